The van der Waals surface area contributed by atoms with Crippen LogP contribution in [0.1, 0.15) is 12.8 Å². The van der Waals surface area contributed by atoms with E-state index in [9.17, 15) is 0 Å². The van der Waals surface area contributed by atoms with Crippen LogP contribution in [0.2, 0.25) is 5.02 Å². The maximum atomic E-state index is 6.55. The van der Waals surface area contributed by atoms with Crippen LogP contribution in [-0.2, 0) is 0 Å². The molecular weight excluding hydrogens is 587 g/mol. The fraction of sp³-hybridized carbons (Fsp3) is 0.433. The van der Waals surface area contributed by atoms with Crippen molar-refractivity contribution in [2.45, 2.75) is 18.9 Å². The van der Waals surface area contributed by atoms with E-state index in [-0.39, 0.29) is 0 Å². The average Bonchev–Trinajstić information content (AvgIpc) is 3.48. The van der Waals surface area contributed by atoms with E-state index in [1.54, 1.807) is 24.6 Å². The number of fused-ring (bicyclic) bond motifs is 1. The number of nitrogens with zero attached hydrogens (tertiary/aromatic N) is 6. The predicted octanol–water partition coefficient (Wildman–Crippen LogP) is 5.82. The van der Waals surface area contributed by atoms with Gasteiger partial charge in [-0.2, -0.15) is 4.98 Å². The largest absolute Gasteiger partial charge is 0.494 e. The van der Waals surface area contributed by atoms with Crippen LogP contribution in [0.25, 0.3) is 10.2 Å². The molecule has 2 fully saturated rings. The van der Waals surface area contributed by atoms with Crippen molar-refractivity contribution < 1.29 is 4.74 Å². The first-order valence-corrected chi connectivity index (χ1v) is 17.8. The molecule has 222 valence electrons. The average molecular weight is 625 g/mol. The highest BCUT2D eigenvalue weighted by atomic mass is 35.5. The van der Waals surface area contributed by atoms with Gasteiger partial charge in [-0.05, 0) is 57.5 Å². The van der Waals surface area contributed by atoms with Gasteiger partial charge in [0.25, 0.3) is 0 Å². The summed E-state index contributed by atoms with van der Waals surface area (Å²) < 4.78 is 6.98. The van der Waals surface area contributed by atoms with Crippen molar-refractivity contribution in [3.63, 3.8) is 0 Å². The molecule has 2 aromatic carbocycles. The summed E-state index contributed by atoms with van der Waals surface area (Å²) in [6.07, 6.45) is 4.00. The zero-order valence-electron chi connectivity index (χ0n) is 24.6. The molecule has 12 heteroatoms. The van der Waals surface area contributed by atoms with Gasteiger partial charge in [-0.1, -0.05) is 19.5 Å². The van der Waals surface area contributed by atoms with E-state index in [4.69, 9.17) is 21.3 Å². The zero-order chi connectivity index (χ0) is 29.2. The molecule has 0 spiro atoms. The fourth-order valence-corrected chi connectivity index (χ4v) is 8.00. The summed E-state index contributed by atoms with van der Waals surface area (Å²) >= 11 is 8.20. The van der Waals surface area contributed by atoms with E-state index in [1.165, 1.54) is 54.7 Å². The zero-order valence-corrected chi connectivity index (χ0v) is 27.1. The number of halogens is 1. The van der Waals surface area contributed by atoms with Gasteiger partial charge >= 0.3 is 0 Å². The fourth-order valence-electron chi connectivity index (χ4n) is 5.89. The Hall–Kier alpha value is -2.75. The number of likely N-dealkylation sites (N-methyl/N-ethyl adjacent to an activating group) is 1. The third-order valence-electron chi connectivity index (χ3n) is 8.24. The van der Waals surface area contributed by atoms with Crippen molar-refractivity contribution in [2.24, 2.45) is 0 Å². The molecule has 2 aliphatic rings. The Morgan fingerprint density at radius 2 is 1.74 bits per heavy atom. The summed E-state index contributed by atoms with van der Waals surface area (Å²) in [4.78, 5) is 21.4. The smallest absolute Gasteiger partial charge is 0.229 e. The van der Waals surface area contributed by atoms with E-state index in [0.29, 0.717) is 22.8 Å². The van der Waals surface area contributed by atoms with Crippen molar-refractivity contribution in [2.75, 3.05) is 82.3 Å². The van der Waals surface area contributed by atoms with Crippen LogP contribution in [0.15, 0.2) is 42.0 Å². The maximum Gasteiger partial charge on any atom is 0.229 e. The Morgan fingerprint density at radius 1 is 0.976 bits per heavy atom. The Morgan fingerprint density at radius 3 is 2.48 bits per heavy atom. The van der Waals surface area contributed by atoms with E-state index in [1.807, 2.05) is 11.6 Å². The Kier molecular flexibility index (Phi) is 8.98. The van der Waals surface area contributed by atoms with Crippen LogP contribution in [0.4, 0.5) is 28.8 Å². The van der Waals surface area contributed by atoms with Crippen molar-refractivity contribution in [3.05, 3.63) is 47.1 Å². The number of anilines is 5. The summed E-state index contributed by atoms with van der Waals surface area (Å²) in [5.41, 5.74) is 5.88. The normalized spacial score (nSPS) is 17.2. The highest BCUT2D eigenvalue weighted by Gasteiger charge is 2.27. The van der Waals surface area contributed by atoms with E-state index >= 15 is 0 Å². The highest BCUT2D eigenvalue weighted by Crippen LogP contribution is 2.37. The van der Waals surface area contributed by atoms with E-state index in [2.05, 4.69) is 79.9 Å². The first-order chi connectivity index (χ1) is 20.4. The number of ether oxygens (including phenoxy) is 1. The lowest BCUT2D eigenvalue weighted by Gasteiger charge is -2.42. The third kappa shape index (κ3) is 6.29. The van der Waals surface area contributed by atoms with Gasteiger partial charge in [0.15, 0.2) is 5.82 Å². The van der Waals surface area contributed by atoms with Gasteiger partial charge in [0, 0.05) is 68.1 Å². The number of benzene rings is 2. The van der Waals surface area contributed by atoms with E-state index in [0.717, 1.165) is 35.7 Å². The van der Waals surface area contributed by atoms with Crippen LogP contribution >= 0.6 is 30.9 Å². The molecule has 4 heterocycles. The highest BCUT2D eigenvalue weighted by molar-refractivity contribution is 7.65. The number of nitrogens with one attached hydrogen (secondary N) is 2. The molecular formula is C30H38ClN8OPS. The van der Waals surface area contributed by atoms with Gasteiger partial charge in [0.05, 0.1) is 34.7 Å². The number of aromatic nitrogens is 3. The monoisotopic (exact) mass is 624 g/mol. The second kappa shape index (κ2) is 12.9. The summed E-state index contributed by atoms with van der Waals surface area (Å²) in [6, 6.07) is 11.2. The molecule has 2 aromatic heterocycles. The van der Waals surface area contributed by atoms with Crippen LogP contribution in [0.3, 0.4) is 0 Å². The molecule has 0 atom stereocenters. The van der Waals surface area contributed by atoms with Gasteiger partial charge in [-0.15, -0.1) is 11.3 Å². The summed E-state index contributed by atoms with van der Waals surface area (Å²) in [6.45, 7) is 11.3. The molecule has 2 N–H and O–H groups in total. The Labute approximate surface area is 258 Å². The van der Waals surface area contributed by atoms with Crippen molar-refractivity contribution in [3.8, 4) is 5.75 Å². The molecule has 2 saturated heterocycles. The molecule has 4 aromatic rings. The molecule has 0 bridgehead atoms. The number of piperidine rings is 1. The minimum absolute atomic E-state index is 0.412. The first kappa shape index (κ1) is 29.3. The summed E-state index contributed by atoms with van der Waals surface area (Å²) in [7, 11) is 3.50. The molecule has 9 nitrogen and oxygen atoms in total. The van der Waals surface area contributed by atoms with Crippen molar-refractivity contribution in [1.29, 1.82) is 0 Å². The van der Waals surface area contributed by atoms with Crippen LogP contribution in [-0.4, -0.2) is 97.5 Å². The first-order valence-electron chi connectivity index (χ1n) is 14.4. The number of hydrogen-bond acceptors (Lipinski definition) is 10. The number of piperazine rings is 1. The van der Waals surface area contributed by atoms with Gasteiger partial charge in [-0.25, -0.2) is 9.97 Å². The molecule has 0 radical (unpaired) electrons. The minimum Gasteiger partial charge on any atom is -0.494 e. The second-order valence-corrected chi connectivity index (χ2v) is 14.7. The molecule has 6 rings (SSSR count). The minimum atomic E-state index is -0.412. The third-order valence-corrected chi connectivity index (χ3v) is 10.7. The van der Waals surface area contributed by atoms with Crippen LogP contribution in [0.5, 0.6) is 5.75 Å². The Balaban J connectivity index is 1.15. The Bertz CT molecular complexity index is 1540. The summed E-state index contributed by atoms with van der Waals surface area (Å²) in [5, 5.41) is 8.45. The quantitative estimate of drug-likeness (QED) is 0.236. The van der Waals surface area contributed by atoms with Crippen molar-refractivity contribution in [1.82, 2.24) is 24.8 Å². The maximum absolute atomic E-state index is 6.55. The van der Waals surface area contributed by atoms with Gasteiger partial charge in [0.2, 0.25) is 5.95 Å². The number of methoxy groups -OCH3 is 1. The lowest BCUT2D eigenvalue weighted by molar-refractivity contribution is 0.0982. The van der Waals surface area contributed by atoms with E-state index < -0.39 is 7.92 Å². The second-order valence-electron chi connectivity index (χ2n) is 11.1. The van der Waals surface area contributed by atoms with Gasteiger partial charge in [0.1, 0.15) is 10.8 Å². The number of rotatable bonds is 8. The number of hydrogen-bond donors (Lipinski definition) is 2. The summed E-state index contributed by atoms with van der Waals surface area (Å²) in [5.74, 6) is 1.73. The molecule has 42 heavy (non-hydrogen) atoms. The predicted molar refractivity (Wildman–Crippen MR) is 179 cm³/mol. The van der Waals surface area contributed by atoms with Crippen molar-refractivity contribution >= 4 is 75.2 Å². The lowest BCUT2D eigenvalue weighted by Crippen LogP contribution is -2.52. The molecule has 0 saturated carbocycles. The lowest BCUT2D eigenvalue weighted by atomic mass is 10.0. The molecule has 2 aliphatic heterocycles. The molecule has 0 amide bonds. The SMILES string of the molecule is COc1cc(N2CCC(N3CCN(C)CC3)CC2)ccc1Nc1ncc(Cl)c(Nc2ccc3scnc3c2P(C)C)n1. The topological polar surface area (TPSA) is 81.7 Å². The number of thiazole rings is 1. The molecule has 0 unspecified atom stereocenters. The van der Waals surface area contributed by atoms with Crippen LogP contribution in [0, 0.1) is 0 Å². The van der Waals surface area contributed by atoms with Crippen LogP contribution < -0.4 is 25.6 Å². The molecule has 0 aliphatic carbocycles. The van der Waals surface area contributed by atoms with Gasteiger partial charge in [-0.3, -0.25) is 4.90 Å². The van der Waals surface area contributed by atoms with Gasteiger partial charge < -0.3 is 25.2 Å². The standard InChI is InChI=1S/C30H38ClN8OPS/c1-37-13-15-39(16-14-37)20-9-11-38(12-10-20)21-5-6-23(25(17-21)40-2)35-30-32-18-22(31)29(36-30)34-24-7-8-26-27(33-19-42-26)28(24)41(3)4/h5-8,17-20H,9-16H2,1-4H3,(H2,32,34,35,36).